The second-order valence-corrected chi connectivity index (χ2v) is 4.89. The van der Waals surface area contributed by atoms with Crippen molar-refractivity contribution < 1.29 is 4.74 Å². The Labute approximate surface area is 114 Å². The van der Waals surface area contributed by atoms with E-state index < -0.39 is 0 Å². The van der Waals surface area contributed by atoms with E-state index in [0.717, 1.165) is 16.3 Å². The Morgan fingerprint density at radius 3 is 2.59 bits per heavy atom. The molecule has 1 fully saturated rings. The van der Waals surface area contributed by atoms with Crippen molar-refractivity contribution in [2.24, 2.45) is 11.7 Å². The van der Waals surface area contributed by atoms with Gasteiger partial charge in [0.2, 0.25) is 0 Å². The van der Waals surface area contributed by atoms with Gasteiger partial charge in [0.1, 0.15) is 5.75 Å². The van der Waals surface area contributed by atoms with E-state index in [9.17, 15) is 0 Å². The van der Waals surface area contributed by atoms with Gasteiger partial charge in [-0.15, -0.1) is 12.4 Å². The molecule has 17 heavy (non-hydrogen) atoms. The molecule has 1 saturated carbocycles. The van der Waals surface area contributed by atoms with E-state index in [1.807, 2.05) is 18.2 Å². The summed E-state index contributed by atoms with van der Waals surface area (Å²) in [5.41, 5.74) is 7.35. The summed E-state index contributed by atoms with van der Waals surface area (Å²) in [6.07, 6.45) is 5.02. The second kappa shape index (κ2) is 6.48. The van der Waals surface area contributed by atoms with E-state index in [2.05, 4.69) is 0 Å². The van der Waals surface area contributed by atoms with Crippen LogP contribution in [0, 0.1) is 5.92 Å². The predicted octanol–water partition coefficient (Wildman–Crippen LogP) is 3.96. The van der Waals surface area contributed by atoms with Crippen LogP contribution >= 0.6 is 24.0 Å². The highest BCUT2D eigenvalue weighted by atomic mass is 35.5. The van der Waals surface area contributed by atoms with Crippen LogP contribution in [-0.2, 0) is 0 Å². The van der Waals surface area contributed by atoms with Gasteiger partial charge in [0, 0.05) is 16.6 Å². The third kappa shape index (κ3) is 3.27. The quantitative estimate of drug-likeness (QED) is 0.906. The Balaban J connectivity index is 0.00000144. The first kappa shape index (κ1) is 14.6. The van der Waals surface area contributed by atoms with Crippen LogP contribution in [0.1, 0.15) is 37.3 Å². The van der Waals surface area contributed by atoms with Gasteiger partial charge >= 0.3 is 0 Å². The highest BCUT2D eigenvalue weighted by Crippen LogP contribution is 2.38. The zero-order valence-electron chi connectivity index (χ0n) is 9.99. The zero-order valence-corrected chi connectivity index (χ0v) is 11.6. The highest BCUT2D eigenvalue weighted by molar-refractivity contribution is 6.30. The van der Waals surface area contributed by atoms with Crippen LogP contribution in [-0.4, -0.2) is 7.11 Å². The van der Waals surface area contributed by atoms with E-state index in [4.69, 9.17) is 22.1 Å². The Morgan fingerprint density at radius 2 is 2.00 bits per heavy atom. The molecule has 0 heterocycles. The Morgan fingerprint density at radius 1 is 1.35 bits per heavy atom. The molecule has 0 spiro atoms. The third-order valence-corrected chi connectivity index (χ3v) is 3.69. The molecule has 2 nitrogen and oxygen atoms in total. The fraction of sp³-hybridized carbons (Fsp3) is 0.538. The summed E-state index contributed by atoms with van der Waals surface area (Å²) in [6, 6.07) is 5.72. The van der Waals surface area contributed by atoms with Gasteiger partial charge < -0.3 is 10.5 Å². The second-order valence-electron chi connectivity index (χ2n) is 4.46. The first-order valence-electron chi connectivity index (χ1n) is 5.81. The van der Waals surface area contributed by atoms with E-state index in [1.54, 1.807) is 7.11 Å². The van der Waals surface area contributed by atoms with Gasteiger partial charge in [-0.25, -0.2) is 0 Å². The summed E-state index contributed by atoms with van der Waals surface area (Å²) < 4.78 is 5.34. The first-order valence-corrected chi connectivity index (χ1v) is 6.19. The van der Waals surface area contributed by atoms with Crippen molar-refractivity contribution in [3.8, 4) is 5.75 Å². The molecule has 1 atom stereocenters. The first-order chi connectivity index (χ1) is 7.72. The molecular formula is C13H19Cl2NO. The summed E-state index contributed by atoms with van der Waals surface area (Å²) in [7, 11) is 1.67. The third-order valence-electron chi connectivity index (χ3n) is 3.46. The minimum absolute atomic E-state index is 0. The summed E-state index contributed by atoms with van der Waals surface area (Å²) in [6.45, 7) is 0. The van der Waals surface area contributed by atoms with Crippen molar-refractivity contribution in [3.63, 3.8) is 0 Å². The molecule has 1 aromatic rings. The zero-order chi connectivity index (χ0) is 11.5. The maximum Gasteiger partial charge on any atom is 0.123 e. The molecule has 96 valence electrons. The van der Waals surface area contributed by atoms with Gasteiger partial charge in [-0.1, -0.05) is 24.4 Å². The molecule has 0 aromatic heterocycles. The highest BCUT2D eigenvalue weighted by Gasteiger charge is 2.25. The number of rotatable bonds is 3. The molecule has 0 bridgehead atoms. The normalized spacial score (nSPS) is 17.6. The lowest BCUT2D eigenvalue weighted by Gasteiger charge is -2.21. The molecular weight excluding hydrogens is 257 g/mol. The number of halogens is 2. The van der Waals surface area contributed by atoms with Gasteiger partial charge in [0.15, 0.2) is 0 Å². The standard InChI is InChI=1S/C13H18ClNO.ClH/c1-16-12-7-6-10(14)8-11(12)13(15)9-4-2-3-5-9;/h6-9,13H,2-5,15H2,1H3;1H/t13-;/m0./s1. The van der Waals surface area contributed by atoms with E-state index >= 15 is 0 Å². The van der Waals surface area contributed by atoms with Gasteiger partial charge in [-0.05, 0) is 37.0 Å². The van der Waals surface area contributed by atoms with Gasteiger partial charge in [0.25, 0.3) is 0 Å². The van der Waals surface area contributed by atoms with E-state index in [0.29, 0.717) is 5.92 Å². The van der Waals surface area contributed by atoms with Crippen LogP contribution in [0.3, 0.4) is 0 Å². The van der Waals surface area contributed by atoms with Gasteiger partial charge in [-0.3, -0.25) is 0 Å². The summed E-state index contributed by atoms with van der Waals surface area (Å²) >= 11 is 6.01. The summed E-state index contributed by atoms with van der Waals surface area (Å²) in [4.78, 5) is 0. The monoisotopic (exact) mass is 275 g/mol. The smallest absolute Gasteiger partial charge is 0.123 e. The minimum Gasteiger partial charge on any atom is -0.496 e. The SMILES string of the molecule is COc1ccc(Cl)cc1[C@@H](N)C1CCCC1.Cl. The Bertz CT molecular complexity index is 364. The summed E-state index contributed by atoms with van der Waals surface area (Å²) in [5, 5.41) is 0.726. The van der Waals surface area contributed by atoms with Crippen LogP contribution in [0.2, 0.25) is 5.02 Å². The lowest BCUT2D eigenvalue weighted by atomic mass is 9.92. The predicted molar refractivity (Wildman–Crippen MR) is 74.1 cm³/mol. The molecule has 1 aliphatic carbocycles. The van der Waals surface area contributed by atoms with Crippen LogP contribution in [0.5, 0.6) is 5.75 Å². The molecule has 0 aliphatic heterocycles. The van der Waals surface area contributed by atoms with Crippen molar-refractivity contribution in [1.82, 2.24) is 0 Å². The van der Waals surface area contributed by atoms with Crippen molar-refractivity contribution >= 4 is 24.0 Å². The lowest BCUT2D eigenvalue weighted by Crippen LogP contribution is -2.19. The Kier molecular flexibility index (Phi) is 5.57. The number of nitrogens with two attached hydrogens (primary N) is 1. The molecule has 0 radical (unpaired) electrons. The molecule has 0 unspecified atom stereocenters. The van der Waals surface area contributed by atoms with Crippen LogP contribution in [0.25, 0.3) is 0 Å². The maximum atomic E-state index is 6.31. The van der Waals surface area contributed by atoms with Crippen molar-refractivity contribution in [2.45, 2.75) is 31.7 Å². The number of benzene rings is 1. The fourth-order valence-electron chi connectivity index (χ4n) is 2.54. The average molecular weight is 276 g/mol. The van der Waals surface area contributed by atoms with Crippen LogP contribution < -0.4 is 10.5 Å². The molecule has 1 aromatic carbocycles. The maximum absolute atomic E-state index is 6.31. The van der Waals surface area contributed by atoms with Crippen LogP contribution in [0.15, 0.2) is 18.2 Å². The largest absolute Gasteiger partial charge is 0.496 e. The number of hydrogen-bond donors (Lipinski definition) is 1. The average Bonchev–Trinajstić information content (AvgIpc) is 2.81. The Hall–Kier alpha value is -0.440. The molecule has 1 aliphatic rings. The van der Waals surface area contributed by atoms with Crippen LogP contribution in [0.4, 0.5) is 0 Å². The topological polar surface area (TPSA) is 35.2 Å². The molecule has 0 amide bonds. The minimum atomic E-state index is 0. The summed E-state index contributed by atoms with van der Waals surface area (Å²) in [5.74, 6) is 1.43. The number of hydrogen-bond acceptors (Lipinski definition) is 2. The van der Waals surface area contributed by atoms with Crippen molar-refractivity contribution in [2.75, 3.05) is 7.11 Å². The van der Waals surface area contributed by atoms with E-state index in [-0.39, 0.29) is 18.4 Å². The number of methoxy groups -OCH3 is 1. The van der Waals surface area contributed by atoms with Gasteiger partial charge in [-0.2, -0.15) is 0 Å². The van der Waals surface area contributed by atoms with Crippen molar-refractivity contribution in [1.29, 1.82) is 0 Å². The van der Waals surface area contributed by atoms with E-state index in [1.165, 1.54) is 25.7 Å². The lowest BCUT2D eigenvalue weighted by molar-refractivity contribution is 0.385. The van der Waals surface area contributed by atoms with Gasteiger partial charge in [0.05, 0.1) is 7.11 Å². The molecule has 2 rings (SSSR count). The molecule has 2 N–H and O–H groups in total. The fourth-order valence-corrected chi connectivity index (χ4v) is 2.72. The molecule has 4 heteroatoms. The molecule has 0 saturated heterocycles. The number of ether oxygens (including phenoxy) is 1. The van der Waals surface area contributed by atoms with Crippen molar-refractivity contribution in [3.05, 3.63) is 28.8 Å².